The topological polar surface area (TPSA) is 65.1 Å². The van der Waals surface area contributed by atoms with Crippen LogP contribution in [0.15, 0.2) is 54.6 Å². The Hall–Kier alpha value is -3.02. The van der Waals surface area contributed by atoms with Gasteiger partial charge in [-0.3, -0.25) is 4.79 Å². The number of fused-ring (bicyclic) bond motifs is 1. The lowest BCUT2D eigenvalue weighted by atomic mass is 10.1. The van der Waals surface area contributed by atoms with Gasteiger partial charge in [0.15, 0.2) is 0 Å². The molecule has 1 heterocycles. The normalized spacial score (nSPS) is 15.6. The highest BCUT2D eigenvalue weighted by molar-refractivity contribution is 5.96. The van der Waals surface area contributed by atoms with E-state index in [0.29, 0.717) is 30.9 Å². The summed E-state index contributed by atoms with van der Waals surface area (Å²) in [6.07, 6.45) is 0.0741. The first-order valence-corrected chi connectivity index (χ1v) is 8.51. The van der Waals surface area contributed by atoms with Crippen LogP contribution in [0.4, 0.5) is 5.69 Å². The van der Waals surface area contributed by atoms with Gasteiger partial charge in [-0.15, -0.1) is 0 Å². The summed E-state index contributed by atoms with van der Waals surface area (Å²) in [7, 11) is 1.30. The third-order valence-electron chi connectivity index (χ3n) is 4.09. The Morgan fingerprint density at radius 3 is 2.62 bits per heavy atom. The zero-order chi connectivity index (χ0) is 18.4. The van der Waals surface area contributed by atoms with Gasteiger partial charge in [0.2, 0.25) is 12.0 Å². The second-order valence-corrected chi connectivity index (χ2v) is 5.87. The standard InChI is InChI=1S/C20H21NO5/c1-24-20(23)18-14-21(16-10-5-6-11-17(16)26-18)19(22)12-7-13-25-15-8-3-2-4-9-15/h2-6,8-11,18H,7,12-14H2,1H3/t18-/m0/s1. The van der Waals surface area contributed by atoms with Gasteiger partial charge in [-0.1, -0.05) is 30.3 Å². The van der Waals surface area contributed by atoms with Crippen molar-refractivity contribution in [1.29, 1.82) is 0 Å². The first kappa shape index (κ1) is 17.8. The third-order valence-corrected chi connectivity index (χ3v) is 4.09. The lowest BCUT2D eigenvalue weighted by Crippen LogP contribution is -2.47. The van der Waals surface area contributed by atoms with Gasteiger partial charge in [-0.25, -0.2) is 4.79 Å². The first-order valence-electron chi connectivity index (χ1n) is 8.51. The van der Waals surface area contributed by atoms with E-state index in [4.69, 9.17) is 14.2 Å². The van der Waals surface area contributed by atoms with Crippen LogP contribution in [-0.2, 0) is 14.3 Å². The SMILES string of the molecule is COC(=O)[C@@H]1CN(C(=O)CCCOc2ccccc2)c2ccccc2O1. The third kappa shape index (κ3) is 4.14. The number of hydrogen-bond acceptors (Lipinski definition) is 5. The molecule has 0 saturated carbocycles. The highest BCUT2D eigenvalue weighted by Crippen LogP contribution is 2.33. The van der Waals surface area contributed by atoms with Gasteiger partial charge in [-0.05, 0) is 30.7 Å². The van der Waals surface area contributed by atoms with Crippen LogP contribution in [0.5, 0.6) is 11.5 Å². The van der Waals surface area contributed by atoms with E-state index in [0.717, 1.165) is 5.75 Å². The molecule has 2 aromatic rings. The van der Waals surface area contributed by atoms with Gasteiger partial charge in [0.05, 0.1) is 25.9 Å². The molecule has 3 rings (SSSR count). The zero-order valence-electron chi connectivity index (χ0n) is 14.6. The van der Waals surface area contributed by atoms with Crippen molar-refractivity contribution in [2.24, 2.45) is 0 Å². The molecule has 0 N–H and O–H groups in total. The van der Waals surface area contributed by atoms with Crippen molar-refractivity contribution in [3.63, 3.8) is 0 Å². The van der Waals surface area contributed by atoms with E-state index in [-0.39, 0.29) is 12.5 Å². The van der Waals surface area contributed by atoms with Crippen molar-refractivity contribution in [3.8, 4) is 11.5 Å². The van der Waals surface area contributed by atoms with Crippen LogP contribution in [0.3, 0.4) is 0 Å². The molecule has 0 bridgehead atoms. The van der Waals surface area contributed by atoms with E-state index in [1.165, 1.54) is 7.11 Å². The van der Waals surface area contributed by atoms with E-state index >= 15 is 0 Å². The van der Waals surface area contributed by atoms with E-state index in [1.54, 1.807) is 23.1 Å². The summed E-state index contributed by atoms with van der Waals surface area (Å²) >= 11 is 0. The van der Waals surface area contributed by atoms with Crippen LogP contribution >= 0.6 is 0 Å². The van der Waals surface area contributed by atoms with E-state index in [1.807, 2.05) is 36.4 Å². The summed E-state index contributed by atoms with van der Waals surface area (Å²) in [5, 5.41) is 0. The molecule has 2 aromatic carbocycles. The van der Waals surface area contributed by atoms with E-state index in [2.05, 4.69) is 0 Å². The zero-order valence-corrected chi connectivity index (χ0v) is 14.6. The molecule has 1 atom stereocenters. The monoisotopic (exact) mass is 355 g/mol. The minimum Gasteiger partial charge on any atom is -0.494 e. The Bertz CT molecular complexity index is 762. The van der Waals surface area contributed by atoms with Crippen LogP contribution in [0, 0.1) is 0 Å². The van der Waals surface area contributed by atoms with Crippen LogP contribution in [0.2, 0.25) is 0 Å². The number of esters is 1. The second-order valence-electron chi connectivity index (χ2n) is 5.87. The summed E-state index contributed by atoms with van der Waals surface area (Å²) in [4.78, 5) is 26.1. The summed E-state index contributed by atoms with van der Waals surface area (Å²) in [5.41, 5.74) is 0.668. The lowest BCUT2D eigenvalue weighted by molar-refractivity contribution is -0.148. The van der Waals surface area contributed by atoms with Crippen LogP contribution < -0.4 is 14.4 Å². The highest BCUT2D eigenvalue weighted by atomic mass is 16.6. The van der Waals surface area contributed by atoms with Crippen LogP contribution in [0.1, 0.15) is 12.8 Å². The van der Waals surface area contributed by atoms with Crippen molar-refractivity contribution in [3.05, 3.63) is 54.6 Å². The number of hydrogen-bond donors (Lipinski definition) is 0. The predicted octanol–water partition coefficient (Wildman–Crippen LogP) is 2.81. The van der Waals surface area contributed by atoms with Gasteiger partial charge in [-0.2, -0.15) is 0 Å². The Kier molecular flexibility index (Phi) is 5.73. The van der Waals surface area contributed by atoms with E-state index in [9.17, 15) is 9.59 Å². The summed E-state index contributed by atoms with van der Waals surface area (Å²) in [5.74, 6) is 0.710. The Morgan fingerprint density at radius 2 is 1.85 bits per heavy atom. The number of nitrogens with zero attached hydrogens (tertiary/aromatic N) is 1. The maximum absolute atomic E-state index is 12.7. The summed E-state index contributed by atoms with van der Waals surface area (Å²) < 4.78 is 16.0. The van der Waals surface area contributed by atoms with Gasteiger partial charge in [0.25, 0.3) is 0 Å². The highest BCUT2D eigenvalue weighted by Gasteiger charge is 2.34. The predicted molar refractivity (Wildman–Crippen MR) is 96.4 cm³/mol. The van der Waals surface area contributed by atoms with Crippen molar-refractivity contribution in [1.82, 2.24) is 0 Å². The van der Waals surface area contributed by atoms with Crippen molar-refractivity contribution in [2.45, 2.75) is 18.9 Å². The molecule has 0 aromatic heterocycles. The average Bonchev–Trinajstić information content (AvgIpc) is 2.70. The average molecular weight is 355 g/mol. The van der Waals surface area contributed by atoms with Crippen molar-refractivity contribution < 1.29 is 23.8 Å². The van der Waals surface area contributed by atoms with Gasteiger partial charge in [0, 0.05) is 6.42 Å². The molecule has 0 radical (unpaired) electrons. The maximum atomic E-state index is 12.7. The number of ether oxygens (including phenoxy) is 3. The number of amides is 1. The molecule has 1 aliphatic rings. The number of para-hydroxylation sites is 3. The Morgan fingerprint density at radius 1 is 1.12 bits per heavy atom. The molecule has 0 unspecified atom stereocenters. The van der Waals surface area contributed by atoms with Gasteiger partial charge >= 0.3 is 5.97 Å². The number of rotatable bonds is 6. The number of anilines is 1. The first-order chi connectivity index (χ1) is 12.7. The molecule has 1 amide bonds. The minimum atomic E-state index is -0.820. The molecule has 0 spiro atoms. The Labute approximate surface area is 152 Å². The molecular weight excluding hydrogens is 334 g/mol. The molecule has 0 saturated heterocycles. The van der Waals surface area contributed by atoms with Crippen LogP contribution in [-0.4, -0.2) is 38.2 Å². The van der Waals surface area contributed by atoms with Gasteiger partial charge in [0.1, 0.15) is 11.5 Å². The maximum Gasteiger partial charge on any atom is 0.348 e. The molecule has 6 nitrogen and oxygen atoms in total. The van der Waals surface area contributed by atoms with E-state index < -0.39 is 12.1 Å². The van der Waals surface area contributed by atoms with Gasteiger partial charge < -0.3 is 19.1 Å². The van der Waals surface area contributed by atoms with Crippen molar-refractivity contribution in [2.75, 3.05) is 25.2 Å². The fraction of sp³-hybridized carbons (Fsp3) is 0.300. The summed E-state index contributed by atoms with van der Waals surface area (Å²) in [6.45, 7) is 0.588. The number of carbonyl (C=O) groups excluding carboxylic acids is 2. The quantitative estimate of drug-likeness (QED) is 0.589. The number of carbonyl (C=O) groups is 2. The largest absolute Gasteiger partial charge is 0.494 e. The smallest absolute Gasteiger partial charge is 0.348 e. The minimum absolute atomic E-state index is 0.0775. The molecule has 136 valence electrons. The Balaban J connectivity index is 1.61. The lowest BCUT2D eigenvalue weighted by Gasteiger charge is -2.33. The number of methoxy groups -OCH3 is 1. The molecule has 0 aliphatic carbocycles. The molecule has 6 heteroatoms. The fourth-order valence-corrected chi connectivity index (χ4v) is 2.79. The molecule has 1 aliphatic heterocycles. The molecule has 0 fully saturated rings. The fourth-order valence-electron chi connectivity index (χ4n) is 2.79. The molecular formula is C20H21NO5. The van der Waals surface area contributed by atoms with Crippen molar-refractivity contribution >= 4 is 17.6 Å². The van der Waals surface area contributed by atoms with Crippen LogP contribution in [0.25, 0.3) is 0 Å². The number of benzene rings is 2. The summed E-state index contributed by atoms with van der Waals surface area (Å²) in [6, 6.07) is 16.7. The molecule has 26 heavy (non-hydrogen) atoms. The second kappa shape index (κ2) is 8.38.